The second-order valence-electron chi connectivity index (χ2n) is 5.84. The second kappa shape index (κ2) is 7.56. The van der Waals surface area contributed by atoms with Gasteiger partial charge in [0, 0.05) is 11.8 Å². The van der Waals surface area contributed by atoms with Gasteiger partial charge in [-0.2, -0.15) is 0 Å². The molecule has 0 atom stereocenters. The highest BCUT2D eigenvalue weighted by atomic mass is 16.1. The molecule has 2 heteroatoms. The average Bonchev–Trinajstić information content (AvgIpc) is 2.52. The van der Waals surface area contributed by atoms with Gasteiger partial charge in [-0.15, -0.1) is 0 Å². The molecule has 1 heterocycles. The fraction of sp³-hybridized carbons (Fsp3) is 0.300. The van der Waals surface area contributed by atoms with Crippen molar-refractivity contribution in [2.75, 3.05) is 0 Å². The van der Waals surface area contributed by atoms with E-state index in [1.165, 1.54) is 12.3 Å². The Morgan fingerprint density at radius 1 is 1.41 bits per heavy atom. The standard InChI is InChI=1S/C20H23NO/c1-7-19(22)17-10-12-18(21-14-17)11-9-15(3)13-16(4)20(5,6)8-2/h7,10,12-14H,1,4,8H2,2-3,5-6H3/b15-13+. The van der Waals surface area contributed by atoms with Crippen molar-refractivity contribution in [2.45, 2.75) is 34.1 Å². The minimum absolute atomic E-state index is 0.0773. The van der Waals surface area contributed by atoms with Gasteiger partial charge in [-0.25, -0.2) is 4.98 Å². The van der Waals surface area contributed by atoms with Gasteiger partial charge in [-0.3, -0.25) is 4.79 Å². The summed E-state index contributed by atoms with van der Waals surface area (Å²) < 4.78 is 0. The summed E-state index contributed by atoms with van der Waals surface area (Å²) in [5.41, 5.74) is 3.24. The van der Waals surface area contributed by atoms with E-state index in [1.807, 2.05) is 13.0 Å². The smallest absolute Gasteiger partial charge is 0.186 e. The lowest BCUT2D eigenvalue weighted by Crippen LogP contribution is -2.11. The maximum atomic E-state index is 11.4. The Balaban J connectivity index is 2.88. The fourth-order valence-corrected chi connectivity index (χ4v) is 1.61. The molecule has 1 aromatic rings. The van der Waals surface area contributed by atoms with Crippen molar-refractivity contribution in [1.82, 2.24) is 4.98 Å². The number of aromatic nitrogens is 1. The maximum Gasteiger partial charge on any atom is 0.186 e. The molecule has 0 N–H and O–H groups in total. The van der Waals surface area contributed by atoms with Crippen molar-refractivity contribution in [3.8, 4) is 11.8 Å². The average molecular weight is 293 g/mol. The lowest BCUT2D eigenvalue weighted by molar-refractivity contribution is 0.104. The Bertz CT molecular complexity index is 664. The van der Waals surface area contributed by atoms with Crippen LogP contribution in [0, 0.1) is 17.3 Å². The van der Waals surface area contributed by atoms with E-state index in [9.17, 15) is 4.79 Å². The number of nitrogens with zero attached hydrogens (tertiary/aromatic N) is 1. The topological polar surface area (TPSA) is 30.0 Å². The van der Waals surface area contributed by atoms with Gasteiger partial charge >= 0.3 is 0 Å². The van der Waals surface area contributed by atoms with E-state index < -0.39 is 0 Å². The van der Waals surface area contributed by atoms with Gasteiger partial charge in [0.15, 0.2) is 5.78 Å². The number of hydrogen-bond acceptors (Lipinski definition) is 2. The third kappa shape index (κ3) is 4.86. The van der Waals surface area contributed by atoms with Crippen molar-refractivity contribution in [3.05, 3.63) is 66.0 Å². The monoisotopic (exact) mass is 293 g/mol. The van der Waals surface area contributed by atoms with Gasteiger partial charge in [0.2, 0.25) is 0 Å². The third-order valence-corrected chi connectivity index (χ3v) is 3.77. The summed E-state index contributed by atoms with van der Waals surface area (Å²) in [6, 6.07) is 3.45. The Morgan fingerprint density at radius 2 is 2.09 bits per heavy atom. The predicted molar refractivity (Wildman–Crippen MR) is 92.6 cm³/mol. The summed E-state index contributed by atoms with van der Waals surface area (Å²) in [6.07, 6.45) is 5.85. The zero-order valence-corrected chi connectivity index (χ0v) is 13.9. The minimum Gasteiger partial charge on any atom is -0.289 e. The number of ketones is 1. The lowest BCUT2D eigenvalue weighted by Gasteiger charge is -2.23. The molecular formula is C20H23NO. The molecule has 0 saturated heterocycles. The van der Waals surface area contributed by atoms with Crippen molar-refractivity contribution in [1.29, 1.82) is 0 Å². The molecule has 0 unspecified atom stereocenters. The van der Waals surface area contributed by atoms with Crippen molar-refractivity contribution < 1.29 is 4.79 Å². The molecule has 0 radical (unpaired) electrons. The van der Waals surface area contributed by atoms with E-state index in [2.05, 4.69) is 50.8 Å². The van der Waals surface area contributed by atoms with Crippen LogP contribution in [0.3, 0.4) is 0 Å². The highest BCUT2D eigenvalue weighted by Crippen LogP contribution is 2.29. The first-order valence-corrected chi connectivity index (χ1v) is 7.32. The number of carbonyl (C=O) groups excluding carboxylic acids is 1. The van der Waals surface area contributed by atoms with Crippen LogP contribution in [-0.2, 0) is 0 Å². The summed E-state index contributed by atoms with van der Waals surface area (Å²) in [4.78, 5) is 15.6. The van der Waals surface area contributed by atoms with E-state index in [4.69, 9.17) is 0 Å². The number of carbonyl (C=O) groups is 1. The Kier molecular flexibility index (Phi) is 6.07. The summed E-state index contributed by atoms with van der Waals surface area (Å²) >= 11 is 0. The van der Waals surface area contributed by atoms with Crippen molar-refractivity contribution in [3.63, 3.8) is 0 Å². The molecule has 0 amide bonds. The molecule has 1 aromatic heterocycles. The number of rotatable bonds is 5. The first kappa shape index (κ1) is 17.7. The van der Waals surface area contributed by atoms with Crippen LogP contribution in [0.1, 0.15) is 50.2 Å². The van der Waals surface area contributed by atoms with Crippen LogP contribution >= 0.6 is 0 Å². The Labute approximate surface area is 133 Å². The SMILES string of the molecule is C=CC(=O)c1ccc(C#C/C(C)=C/C(=C)C(C)(C)CC)nc1. The van der Waals surface area contributed by atoms with E-state index in [0.29, 0.717) is 11.3 Å². The highest BCUT2D eigenvalue weighted by molar-refractivity contribution is 6.03. The quantitative estimate of drug-likeness (QED) is 0.340. The minimum atomic E-state index is -0.138. The molecule has 0 spiro atoms. The summed E-state index contributed by atoms with van der Waals surface area (Å²) in [7, 11) is 0. The molecule has 0 aliphatic carbocycles. The van der Waals surface area contributed by atoms with Crippen LogP contribution in [0.5, 0.6) is 0 Å². The van der Waals surface area contributed by atoms with Crippen LogP contribution in [0.15, 0.2) is 54.8 Å². The van der Waals surface area contributed by atoms with Gasteiger partial charge in [-0.1, -0.05) is 39.8 Å². The summed E-state index contributed by atoms with van der Waals surface area (Å²) in [6.45, 7) is 16.0. The van der Waals surface area contributed by atoms with Crippen LogP contribution in [0.25, 0.3) is 0 Å². The molecule has 0 saturated carbocycles. The fourth-order valence-electron chi connectivity index (χ4n) is 1.61. The van der Waals surface area contributed by atoms with Gasteiger partial charge in [0.05, 0.1) is 0 Å². The molecule has 0 aromatic carbocycles. The molecular weight excluding hydrogens is 270 g/mol. The largest absolute Gasteiger partial charge is 0.289 e. The van der Waals surface area contributed by atoms with E-state index in [1.54, 1.807) is 12.1 Å². The van der Waals surface area contributed by atoms with E-state index in [-0.39, 0.29) is 11.2 Å². The van der Waals surface area contributed by atoms with Crippen LogP contribution in [-0.4, -0.2) is 10.8 Å². The molecule has 22 heavy (non-hydrogen) atoms. The van der Waals surface area contributed by atoms with Crippen LogP contribution in [0.4, 0.5) is 0 Å². The van der Waals surface area contributed by atoms with Gasteiger partial charge in [0.25, 0.3) is 0 Å². The molecule has 0 bridgehead atoms. The molecule has 0 fully saturated rings. The molecule has 2 nitrogen and oxygen atoms in total. The Hall–Kier alpha value is -2.40. The number of allylic oxidation sites excluding steroid dienone is 4. The predicted octanol–water partition coefficient (Wildman–Crippen LogP) is 4.74. The first-order valence-electron chi connectivity index (χ1n) is 7.32. The van der Waals surface area contributed by atoms with Gasteiger partial charge in [0.1, 0.15) is 5.69 Å². The number of pyridine rings is 1. The van der Waals surface area contributed by atoms with E-state index in [0.717, 1.165) is 17.6 Å². The molecule has 0 aliphatic rings. The van der Waals surface area contributed by atoms with Gasteiger partial charge in [-0.05, 0) is 60.1 Å². The van der Waals surface area contributed by atoms with Crippen LogP contribution < -0.4 is 0 Å². The highest BCUT2D eigenvalue weighted by Gasteiger charge is 2.17. The van der Waals surface area contributed by atoms with E-state index >= 15 is 0 Å². The molecule has 1 rings (SSSR count). The summed E-state index contributed by atoms with van der Waals surface area (Å²) in [5.74, 6) is 5.93. The first-order chi connectivity index (χ1) is 10.3. The molecule has 0 aliphatic heterocycles. The second-order valence-corrected chi connectivity index (χ2v) is 5.84. The molecule has 114 valence electrons. The lowest BCUT2D eigenvalue weighted by atomic mass is 9.82. The normalized spacial score (nSPS) is 11.4. The summed E-state index contributed by atoms with van der Waals surface area (Å²) in [5, 5.41) is 0. The maximum absolute atomic E-state index is 11.4. The van der Waals surface area contributed by atoms with Gasteiger partial charge < -0.3 is 0 Å². The zero-order valence-electron chi connectivity index (χ0n) is 13.9. The third-order valence-electron chi connectivity index (χ3n) is 3.77. The van der Waals surface area contributed by atoms with Crippen LogP contribution in [0.2, 0.25) is 0 Å². The number of hydrogen-bond donors (Lipinski definition) is 0. The van der Waals surface area contributed by atoms with Crippen molar-refractivity contribution >= 4 is 5.78 Å². The van der Waals surface area contributed by atoms with Crippen molar-refractivity contribution in [2.24, 2.45) is 5.41 Å². The zero-order chi connectivity index (χ0) is 16.8. The Morgan fingerprint density at radius 3 is 2.59 bits per heavy atom.